The molecule has 2 aromatic carbocycles. The van der Waals surface area contributed by atoms with Crippen molar-refractivity contribution in [2.45, 2.75) is 51.2 Å². The number of nitrogens with zero attached hydrogens (tertiary/aromatic N) is 2. The van der Waals surface area contributed by atoms with Crippen molar-refractivity contribution in [2.24, 2.45) is 0 Å². The number of hydrogen-bond acceptors (Lipinski definition) is 4. The Bertz CT molecular complexity index is 1120. The van der Waals surface area contributed by atoms with Crippen LogP contribution in [0.3, 0.4) is 0 Å². The van der Waals surface area contributed by atoms with Crippen molar-refractivity contribution in [3.63, 3.8) is 0 Å². The third kappa shape index (κ3) is 4.38. The number of anilines is 1. The van der Waals surface area contributed by atoms with Crippen LogP contribution in [0.25, 0.3) is 0 Å². The van der Waals surface area contributed by atoms with E-state index in [0.717, 1.165) is 21.4 Å². The molecular formula is C24H23BrCl2N2O4. The third-order valence-electron chi connectivity index (χ3n) is 5.81. The Morgan fingerprint density at radius 3 is 2.30 bits per heavy atom. The van der Waals surface area contributed by atoms with Gasteiger partial charge in [-0.25, -0.2) is 14.5 Å². The number of fused-ring (bicyclic) bond motifs is 1. The van der Waals surface area contributed by atoms with E-state index in [1.54, 1.807) is 25.7 Å². The second-order valence-corrected chi connectivity index (χ2v) is 11.0. The fourth-order valence-electron chi connectivity index (χ4n) is 4.44. The van der Waals surface area contributed by atoms with E-state index in [-0.39, 0.29) is 27.2 Å². The van der Waals surface area contributed by atoms with Crippen molar-refractivity contribution >= 4 is 62.7 Å². The van der Waals surface area contributed by atoms with Gasteiger partial charge in [-0.1, -0.05) is 51.3 Å². The van der Waals surface area contributed by atoms with E-state index in [0.29, 0.717) is 19.4 Å². The second-order valence-electron chi connectivity index (χ2n) is 9.30. The van der Waals surface area contributed by atoms with Crippen LogP contribution in [-0.4, -0.2) is 40.5 Å². The zero-order valence-electron chi connectivity index (χ0n) is 18.5. The lowest BCUT2D eigenvalue weighted by atomic mass is 9.88. The number of amides is 3. The van der Waals surface area contributed by atoms with Gasteiger partial charge in [0.15, 0.2) is 0 Å². The Hall–Kier alpha value is -2.09. The van der Waals surface area contributed by atoms with Crippen LogP contribution in [0.1, 0.15) is 49.5 Å². The third-order valence-corrected chi connectivity index (χ3v) is 6.93. The molecule has 33 heavy (non-hydrogen) atoms. The largest absolute Gasteiger partial charge is 0.456 e. The van der Waals surface area contributed by atoms with E-state index < -0.39 is 23.1 Å². The molecule has 174 valence electrons. The molecule has 3 amide bonds. The zero-order chi connectivity index (χ0) is 24.1. The number of urea groups is 1. The van der Waals surface area contributed by atoms with Crippen LogP contribution in [0.4, 0.5) is 10.5 Å². The van der Waals surface area contributed by atoms with Gasteiger partial charge in [0.2, 0.25) is 0 Å². The Balaban J connectivity index is 1.69. The number of carbonyl (C=O) groups is 3. The fourth-order valence-corrected chi connectivity index (χ4v) is 5.33. The monoisotopic (exact) mass is 552 g/mol. The van der Waals surface area contributed by atoms with Gasteiger partial charge in [-0.15, -0.1) is 0 Å². The van der Waals surface area contributed by atoms with Gasteiger partial charge in [0.05, 0.1) is 21.3 Å². The number of halogens is 3. The molecule has 4 rings (SSSR count). The Kier molecular flexibility index (Phi) is 6.27. The van der Waals surface area contributed by atoms with Gasteiger partial charge in [-0.05, 0) is 63.4 Å². The van der Waals surface area contributed by atoms with Crippen molar-refractivity contribution in [3.05, 3.63) is 62.0 Å². The highest BCUT2D eigenvalue weighted by Gasteiger charge is 2.59. The molecule has 0 radical (unpaired) electrons. The minimum absolute atomic E-state index is 0.00109. The normalized spacial score (nSPS) is 20.4. The molecule has 0 N–H and O–H groups in total. The molecule has 0 spiro atoms. The van der Waals surface area contributed by atoms with Crippen molar-refractivity contribution in [3.8, 4) is 0 Å². The number of imide groups is 1. The van der Waals surface area contributed by atoms with E-state index in [4.69, 9.17) is 27.9 Å². The minimum atomic E-state index is -0.951. The molecule has 2 aromatic rings. The lowest BCUT2D eigenvalue weighted by Gasteiger charge is -2.28. The highest BCUT2D eigenvalue weighted by molar-refractivity contribution is 9.10. The standard InChI is InChI=1S/C24H23BrCl2N2O4/c1-23(2,3)33-20(30)19-17(26)11-16(12-18(19)27)29-21(31)24(9-4-10-28(24)22(29)32)13-14-5-7-15(25)8-6-14/h5-8,11-12H,4,9-10,13H2,1-3H3. The lowest BCUT2D eigenvalue weighted by molar-refractivity contribution is -0.123. The molecule has 2 saturated heterocycles. The minimum Gasteiger partial charge on any atom is -0.456 e. The van der Waals surface area contributed by atoms with E-state index in [1.807, 2.05) is 24.3 Å². The first-order valence-corrected chi connectivity index (χ1v) is 12.1. The smallest absolute Gasteiger partial charge is 0.341 e. The summed E-state index contributed by atoms with van der Waals surface area (Å²) < 4.78 is 6.32. The van der Waals surface area contributed by atoms with Crippen molar-refractivity contribution in [2.75, 3.05) is 11.4 Å². The molecule has 6 nitrogen and oxygen atoms in total. The molecule has 2 aliphatic rings. The van der Waals surface area contributed by atoms with Gasteiger partial charge in [0.25, 0.3) is 5.91 Å². The summed E-state index contributed by atoms with van der Waals surface area (Å²) in [7, 11) is 0. The quantitative estimate of drug-likeness (QED) is 0.331. The molecule has 2 heterocycles. The predicted molar refractivity (Wildman–Crippen MR) is 131 cm³/mol. The molecule has 0 aliphatic carbocycles. The number of rotatable bonds is 4. The molecule has 2 aliphatic heterocycles. The molecule has 1 atom stereocenters. The maximum absolute atomic E-state index is 13.7. The first kappa shape index (κ1) is 24.0. The second kappa shape index (κ2) is 8.60. The number of carbonyl (C=O) groups excluding carboxylic acids is 3. The van der Waals surface area contributed by atoms with E-state index in [9.17, 15) is 14.4 Å². The number of esters is 1. The number of ether oxygens (including phenoxy) is 1. The number of benzene rings is 2. The van der Waals surface area contributed by atoms with Crippen LogP contribution in [0.5, 0.6) is 0 Å². The SMILES string of the molecule is CC(C)(C)OC(=O)c1c(Cl)cc(N2C(=O)N3CCCC3(Cc3ccc(Br)cc3)C2=O)cc1Cl. The lowest BCUT2D eigenvalue weighted by Crippen LogP contribution is -2.47. The molecule has 0 saturated carbocycles. The Morgan fingerprint density at radius 1 is 1.12 bits per heavy atom. The van der Waals surface area contributed by atoms with E-state index in [2.05, 4.69) is 15.9 Å². The molecular weight excluding hydrogens is 531 g/mol. The maximum Gasteiger partial charge on any atom is 0.341 e. The zero-order valence-corrected chi connectivity index (χ0v) is 21.6. The summed E-state index contributed by atoms with van der Waals surface area (Å²) in [6, 6.07) is 10.1. The molecule has 0 bridgehead atoms. The van der Waals surface area contributed by atoms with Crippen LogP contribution in [-0.2, 0) is 16.0 Å². The summed E-state index contributed by atoms with van der Waals surface area (Å²) in [5.41, 5.74) is -0.483. The highest BCUT2D eigenvalue weighted by atomic mass is 79.9. The van der Waals surface area contributed by atoms with Gasteiger partial charge in [0, 0.05) is 17.4 Å². The van der Waals surface area contributed by atoms with Crippen LogP contribution < -0.4 is 4.90 Å². The Morgan fingerprint density at radius 2 is 1.73 bits per heavy atom. The first-order valence-electron chi connectivity index (χ1n) is 10.6. The van der Waals surface area contributed by atoms with Gasteiger partial charge in [-0.3, -0.25) is 4.79 Å². The fraction of sp³-hybridized carbons (Fsp3) is 0.375. The summed E-state index contributed by atoms with van der Waals surface area (Å²) in [6.07, 6.45) is 1.74. The van der Waals surface area contributed by atoms with Gasteiger partial charge >= 0.3 is 12.0 Å². The summed E-state index contributed by atoms with van der Waals surface area (Å²) in [5, 5.41) is 0.0303. The average molecular weight is 554 g/mol. The topological polar surface area (TPSA) is 66.9 Å². The van der Waals surface area contributed by atoms with Gasteiger partial charge in [-0.2, -0.15) is 0 Å². The van der Waals surface area contributed by atoms with Crippen LogP contribution in [0.2, 0.25) is 10.0 Å². The summed E-state index contributed by atoms with van der Waals surface area (Å²) >= 11 is 16.2. The summed E-state index contributed by atoms with van der Waals surface area (Å²) in [6.45, 7) is 5.71. The van der Waals surface area contributed by atoms with E-state index >= 15 is 0 Å². The van der Waals surface area contributed by atoms with Gasteiger partial charge in [0.1, 0.15) is 11.1 Å². The Labute approximate surface area is 210 Å². The molecule has 2 fully saturated rings. The molecule has 9 heteroatoms. The molecule has 0 aromatic heterocycles. The van der Waals surface area contributed by atoms with Crippen LogP contribution in [0, 0.1) is 0 Å². The van der Waals surface area contributed by atoms with Gasteiger partial charge < -0.3 is 9.64 Å². The number of hydrogen-bond donors (Lipinski definition) is 0. The van der Waals surface area contributed by atoms with E-state index in [1.165, 1.54) is 12.1 Å². The highest BCUT2D eigenvalue weighted by Crippen LogP contribution is 2.43. The first-order chi connectivity index (χ1) is 15.4. The van der Waals surface area contributed by atoms with Crippen LogP contribution in [0.15, 0.2) is 40.9 Å². The summed E-state index contributed by atoms with van der Waals surface area (Å²) in [4.78, 5) is 42.3. The van der Waals surface area contributed by atoms with Crippen molar-refractivity contribution < 1.29 is 19.1 Å². The maximum atomic E-state index is 13.7. The summed E-state index contributed by atoms with van der Waals surface area (Å²) in [5.74, 6) is -0.986. The van der Waals surface area contributed by atoms with Crippen LogP contribution >= 0.6 is 39.1 Å². The van der Waals surface area contributed by atoms with Crippen molar-refractivity contribution in [1.29, 1.82) is 0 Å². The average Bonchev–Trinajstić information content (AvgIpc) is 3.20. The van der Waals surface area contributed by atoms with Crippen molar-refractivity contribution in [1.82, 2.24) is 4.90 Å². The predicted octanol–water partition coefficient (Wildman–Crippen LogP) is 6.26. The molecule has 1 unspecified atom stereocenters.